The molecule has 0 amide bonds. The predicted octanol–water partition coefficient (Wildman–Crippen LogP) is 1.67. The van der Waals surface area contributed by atoms with E-state index in [-0.39, 0.29) is 11.7 Å². The molecule has 0 aromatic heterocycles. The van der Waals surface area contributed by atoms with Crippen molar-refractivity contribution in [2.75, 3.05) is 12.3 Å². The topological polar surface area (TPSA) is 43.1 Å². The van der Waals surface area contributed by atoms with Gasteiger partial charge in [-0.05, 0) is 30.2 Å². The van der Waals surface area contributed by atoms with Crippen LogP contribution in [0.15, 0.2) is 24.3 Å². The first kappa shape index (κ1) is 12.3. The summed E-state index contributed by atoms with van der Waals surface area (Å²) < 4.78 is 24.2. The molecule has 0 fully saturated rings. The largest absolute Gasteiger partial charge is 0.330 e. The molecule has 0 bridgehead atoms. The van der Waals surface area contributed by atoms with Gasteiger partial charge < -0.3 is 5.73 Å². The summed E-state index contributed by atoms with van der Waals surface area (Å²) in [5.41, 5.74) is 6.35. The lowest BCUT2D eigenvalue weighted by Gasteiger charge is -2.07. The maximum absolute atomic E-state index is 12.6. The van der Waals surface area contributed by atoms with Crippen LogP contribution in [-0.4, -0.2) is 16.5 Å². The van der Waals surface area contributed by atoms with E-state index in [4.69, 9.17) is 5.73 Å². The molecule has 0 saturated carbocycles. The Morgan fingerprint density at radius 1 is 1.40 bits per heavy atom. The van der Waals surface area contributed by atoms with Crippen molar-refractivity contribution in [1.29, 1.82) is 0 Å². The molecule has 0 radical (unpaired) electrons. The number of halogens is 1. The molecule has 0 spiro atoms. The molecule has 15 heavy (non-hydrogen) atoms. The van der Waals surface area contributed by atoms with Crippen LogP contribution in [0.4, 0.5) is 4.39 Å². The van der Waals surface area contributed by atoms with Gasteiger partial charge >= 0.3 is 0 Å². The summed E-state index contributed by atoms with van der Waals surface area (Å²) in [4.78, 5) is 0. The van der Waals surface area contributed by atoms with Crippen LogP contribution in [0.1, 0.15) is 12.5 Å². The summed E-state index contributed by atoms with van der Waals surface area (Å²) >= 11 is 0. The zero-order valence-electron chi connectivity index (χ0n) is 8.78. The minimum Gasteiger partial charge on any atom is -0.330 e. The summed E-state index contributed by atoms with van der Waals surface area (Å²) in [6, 6.07) is 6.11. The molecule has 2 unspecified atom stereocenters. The van der Waals surface area contributed by atoms with E-state index in [0.717, 1.165) is 5.56 Å². The van der Waals surface area contributed by atoms with Crippen LogP contribution in [0.2, 0.25) is 0 Å². The average molecular weight is 229 g/mol. The Bertz CT molecular complexity index is 326. The smallest absolute Gasteiger partial charge is 0.123 e. The molecule has 2 nitrogen and oxygen atoms in total. The van der Waals surface area contributed by atoms with Crippen LogP contribution >= 0.6 is 0 Å². The van der Waals surface area contributed by atoms with Crippen molar-refractivity contribution in [3.8, 4) is 0 Å². The third kappa shape index (κ3) is 4.53. The van der Waals surface area contributed by atoms with Crippen LogP contribution in [0.5, 0.6) is 0 Å². The summed E-state index contributed by atoms with van der Waals surface area (Å²) in [7, 11) is -0.910. The Labute approximate surface area is 92.1 Å². The van der Waals surface area contributed by atoms with Gasteiger partial charge in [-0.3, -0.25) is 4.21 Å². The molecule has 1 aromatic carbocycles. The molecular formula is C11H16FNOS. The number of rotatable bonds is 5. The zero-order chi connectivity index (χ0) is 11.3. The van der Waals surface area contributed by atoms with Crippen molar-refractivity contribution in [2.24, 2.45) is 11.7 Å². The molecule has 0 aliphatic carbocycles. The second kappa shape index (κ2) is 5.98. The van der Waals surface area contributed by atoms with E-state index in [1.807, 2.05) is 6.92 Å². The van der Waals surface area contributed by atoms with Crippen molar-refractivity contribution in [3.63, 3.8) is 0 Å². The molecule has 1 rings (SSSR count). The van der Waals surface area contributed by atoms with E-state index < -0.39 is 10.8 Å². The maximum Gasteiger partial charge on any atom is 0.123 e. The molecular weight excluding hydrogens is 213 g/mol. The summed E-state index contributed by atoms with van der Waals surface area (Å²) in [6.45, 7) is 2.53. The van der Waals surface area contributed by atoms with Crippen LogP contribution in [0.25, 0.3) is 0 Å². The summed E-state index contributed by atoms with van der Waals surface area (Å²) in [6.07, 6.45) is 0. The van der Waals surface area contributed by atoms with Gasteiger partial charge in [0.15, 0.2) is 0 Å². The van der Waals surface area contributed by atoms with E-state index in [9.17, 15) is 8.60 Å². The minimum absolute atomic E-state index is 0.264. The fraction of sp³-hybridized carbons (Fsp3) is 0.455. The molecule has 0 saturated heterocycles. The molecule has 0 aliphatic heterocycles. The van der Waals surface area contributed by atoms with Crippen molar-refractivity contribution < 1.29 is 8.60 Å². The van der Waals surface area contributed by atoms with Crippen molar-refractivity contribution in [3.05, 3.63) is 35.6 Å². The molecule has 0 heterocycles. The van der Waals surface area contributed by atoms with E-state index in [2.05, 4.69) is 0 Å². The first-order chi connectivity index (χ1) is 7.11. The van der Waals surface area contributed by atoms with Gasteiger partial charge in [0, 0.05) is 22.3 Å². The Kier molecular flexibility index (Phi) is 4.91. The first-order valence-corrected chi connectivity index (χ1v) is 6.40. The van der Waals surface area contributed by atoms with Gasteiger partial charge in [-0.2, -0.15) is 0 Å². The van der Waals surface area contributed by atoms with Gasteiger partial charge in [0.2, 0.25) is 0 Å². The molecule has 2 N–H and O–H groups in total. The molecule has 2 atom stereocenters. The van der Waals surface area contributed by atoms with Gasteiger partial charge in [0.25, 0.3) is 0 Å². The number of hydrogen-bond acceptors (Lipinski definition) is 2. The third-order valence-corrected chi connectivity index (χ3v) is 3.71. The fourth-order valence-corrected chi connectivity index (χ4v) is 2.66. The highest BCUT2D eigenvalue weighted by Gasteiger charge is 2.06. The molecule has 4 heteroatoms. The van der Waals surface area contributed by atoms with E-state index >= 15 is 0 Å². The Hall–Kier alpha value is -0.740. The number of benzene rings is 1. The van der Waals surface area contributed by atoms with Crippen molar-refractivity contribution in [2.45, 2.75) is 12.7 Å². The average Bonchev–Trinajstić information content (AvgIpc) is 2.21. The number of nitrogens with two attached hydrogens (primary N) is 1. The Balaban J connectivity index is 2.48. The highest BCUT2D eigenvalue weighted by atomic mass is 32.2. The van der Waals surface area contributed by atoms with Gasteiger partial charge in [0.05, 0.1) is 0 Å². The van der Waals surface area contributed by atoms with Crippen molar-refractivity contribution in [1.82, 2.24) is 0 Å². The lowest BCUT2D eigenvalue weighted by Crippen LogP contribution is -2.18. The minimum atomic E-state index is -0.910. The lowest BCUT2D eigenvalue weighted by molar-refractivity contribution is 0.626. The summed E-state index contributed by atoms with van der Waals surface area (Å²) in [5, 5.41) is 0. The third-order valence-electron chi connectivity index (χ3n) is 2.11. The Morgan fingerprint density at radius 2 is 2.00 bits per heavy atom. The fourth-order valence-electron chi connectivity index (χ4n) is 1.21. The Morgan fingerprint density at radius 3 is 2.53 bits per heavy atom. The zero-order valence-corrected chi connectivity index (χ0v) is 9.60. The molecule has 0 aliphatic rings. The van der Waals surface area contributed by atoms with Crippen LogP contribution in [0.3, 0.4) is 0 Å². The second-order valence-electron chi connectivity index (χ2n) is 3.72. The highest BCUT2D eigenvalue weighted by molar-refractivity contribution is 7.84. The SMILES string of the molecule is CC(CN)CS(=O)Cc1ccc(F)cc1. The lowest BCUT2D eigenvalue weighted by atomic mass is 10.2. The quantitative estimate of drug-likeness (QED) is 0.834. The monoisotopic (exact) mass is 229 g/mol. The normalized spacial score (nSPS) is 14.9. The highest BCUT2D eigenvalue weighted by Crippen LogP contribution is 2.07. The van der Waals surface area contributed by atoms with Crippen LogP contribution < -0.4 is 5.73 Å². The standard InChI is InChI=1S/C11H16FNOS/c1-9(6-13)7-15(14)8-10-2-4-11(12)5-3-10/h2-5,9H,6-8,13H2,1H3. The summed E-state index contributed by atoms with van der Waals surface area (Å²) in [5.74, 6) is 1.09. The van der Waals surface area contributed by atoms with Crippen LogP contribution in [-0.2, 0) is 16.6 Å². The van der Waals surface area contributed by atoms with Crippen LogP contribution in [0, 0.1) is 11.7 Å². The second-order valence-corrected chi connectivity index (χ2v) is 5.22. The van der Waals surface area contributed by atoms with Gasteiger partial charge in [-0.15, -0.1) is 0 Å². The van der Waals surface area contributed by atoms with Gasteiger partial charge in [0.1, 0.15) is 5.82 Å². The van der Waals surface area contributed by atoms with E-state index in [1.54, 1.807) is 12.1 Å². The number of hydrogen-bond donors (Lipinski definition) is 1. The molecule has 84 valence electrons. The van der Waals surface area contributed by atoms with E-state index in [0.29, 0.717) is 18.1 Å². The predicted molar refractivity (Wildman–Crippen MR) is 61.3 cm³/mol. The van der Waals surface area contributed by atoms with Gasteiger partial charge in [-0.25, -0.2) is 4.39 Å². The van der Waals surface area contributed by atoms with Gasteiger partial charge in [-0.1, -0.05) is 19.1 Å². The van der Waals surface area contributed by atoms with E-state index in [1.165, 1.54) is 12.1 Å². The van der Waals surface area contributed by atoms with Crippen molar-refractivity contribution >= 4 is 10.8 Å². The maximum atomic E-state index is 12.6. The molecule has 1 aromatic rings. The first-order valence-electron chi connectivity index (χ1n) is 4.91.